The minimum Gasteiger partial charge on any atom is -0.396 e. The van der Waals surface area contributed by atoms with E-state index in [4.69, 9.17) is 10.2 Å². The Morgan fingerprint density at radius 1 is 0.400 bits per heavy atom. The van der Waals surface area contributed by atoms with Crippen molar-refractivity contribution in [2.24, 2.45) is 0 Å². The van der Waals surface area contributed by atoms with Gasteiger partial charge in [0.1, 0.15) is 0 Å². The highest BCUT2D eigenvalue weighted by atomic mass is 16.3. The molecule has 0 aromatic rings. The lowest BCUT2D eigenvalue weighted by Crippen LogP contribution is -1.83. The molecule has 0 amide bonds. The number of aliphatic hydroxyl groups is 2. The van der Waals surface area contributed by atoms with Crippen molar-refractivity contribution in [3.8, 4) is 0 Å². The molecule has 0 saturated heterocycles. The number of rotatable bonds is 15. The maximum Gasteiger partial charge on any atom is 0.0431 e. The summed E-state index contributed by atoms with van der Waals surface area (Å²) < 4.78 is 0. The molecule has 0 unspecified atom stereocenters. The molecule has 0 aromatic heterocycles. The lowest BCUT2D eigenvalue weighted by molar-refractivity contribution is 0.282. The zero-order chi connectivity index (χ0) is 14.7. The van der Waals surface area contributed by atoms with E-state index < -0.39 is 0 Å². The van der Waals surface area contributed by atoms with Crippen molar-refractivity contribution in [1.29, 1.82) is 0 Å². The van der Waals surface area contributed by atoms with Gasteiger partial charge >= 0.3 is 0 Å². The van der Waals surface area contributed by atoms with Gasteiger partial charge in [-0.05, 0) is 51.4 Å². The van der Waals surface area contributed by atoms with Crippen LogP contribution in [-0.4, -0.2) is 23.4 Å². The average Bonchev–Trinajstić information content (AvgIpc) is 2.47. The van der Waals surface area contributed by atoms with Crippen molar-refractivity contribution < 1.29 is 10.2 Å². The van der Waals surface area contributed by atoms with Gasteiger partial charge in [-0.1, -0.05) is 50.0 Å². The lowest BCUT2D eigenvalue weighted by atomic mass is 10.1. The minimum atomic E-state index is 0.317. The van der Waals surface area contributed by atoms with E-state index in [1.54, 1.807) is 0 Å². The van der Waals surface area contributed by atoms with Crippen molar-refractivity contribution >= 4 is 0 Å². The van der Waals surface area contributed by atoms with Gasteiger partial charge < -0.3 is 10.2 Å². The van der Waals surface area contributed by atoms with Crippen molar-refractivity contribution in [2.45, 2.75) is 77.0 Å². The number of hydrogen-bond acceptors (Lipinski definition) is 2. The summed E-state index contributed by atoms with van der Waals surface area (Å²) in [6.07, 6.45) is 23.0. The molecule has 0 aromatic carbocycles. The standard InChI is InChI=1S/C18H34O2/c19-17-15-13-11-9-7-5-3-1-2-4-6-8-10-12-14-16-18-20/h1-2,7,9,19-20H,3-6,8,10-18H2/b2-1+,9-7+. The third kappa shape index (κ3) is 17.4. The van der Waals surface area contributed by atoms with Gasteiger partial charge in [-0.15, -0.1) is 0 Å². The van der Waals surface area contributed by atoms with Gasteiger partial charge in [0, 0.05) is 13.2 Å². The highest BCUT2D eigenvalue weighted by Gasteiger charge is 1.89. The smallest absolute Gasteiger partial charge is 0.0431 e. The van der Waals surface area contributed by atoms with Crippen LogP contribution in [-0.2, 0) is 0 Å². The van der Waals surface area contributed by atoms with E-state index in [1.807, 2.05) is 0 Å². The Labute approximate surface area is 125 Å². The summed E-state index contributed by atoms with van der Waals surface area (Å²) in [5.41, 5.74) is 0. The topological polar surface area (TPSA) is 40.5 Å². The molecule has 0 aliphatic heterocycles. The van der Waals surface area contributed by atoms with E-state index in [0.717, 1.165) is 38.5 Å². The minimum absolute atomic E-state index is 0.317. The van der Waals surface area contributed by atoms with Crippen LogP contribution in [0.5, 0.6) is 0 Å². The first-order chi connectivity index (χ1) is 9.91. The molecule has 0 aliphatic rings. The van der Waals surface area contributed by atoms with Crippen molar-refractivity contribution in [2.75, 3.05) is 13.2 Å². The van der Waals surface area contributed by atoms with E-state index in [1.165, 1.54) is 38.5 Å². The lowest BCUT2D eigenvalue weighted by Gasteiger charge is -1.98. The van der Waals surface area contributed by atoms with E-state index in [0.29, 0.717) is 13.2 Å². The van der Waals surface area contributed by atoms with Gasteiger partial charge in [-0.25, -0.2) is 0 Å². The largest absolute Gasteiger partial charge is 0.396 e. The number of unbranched alkanes of at least 4 members (excludes halogenated alkanes) is 9. The molecular formula is C18H34O2. The van der Waals surface area contributed by atoms with Crippen LogP contribution < -0.4 is 0 Å². The molecule has 0 fully saturated rings. The van der Waals surface area contributed by atoms with Gasteiger partial charge in [0.2, 0.25) is 0 Å². The highest BCUT2D eigenvalue weighted by Crippen LogP contribution is 2.07. The van der Waals surface area contributed by atoms with Crippen LogP contribution in [0.25, 0.3) is 0 Å². The summed E-state index contributed by atoms with van der Waals surface area (Å²) in [4.78, 5) is 0. The monoisotopic (exact) mass is 282 g/mol. The Morgan fingerprint density at radius 3 is 1.30 bits per heavy atom. The summed E-state index contributed by atoms with van der Waals surface area (Å²) in [5.74, 6) is 0. The molecule has 0 bridgehead atoms. The quantitative estimate of drug-likeness (QED) is 0.336. The molecule has 2 N–H and O–H groups in total. The molecule has 2 nitrogen and oxygen atoms in total. The summed E-state index contributed by atoms with van der Waals surface area (Å²) in [7, 11) is 0. The fourth-order valence-electron chi connectivity index (χ4n) is 2.12. The molecule has 0 saturated carbocycles. The van der Waals surface area contributed by atoms with Gasteiger partial charge in [-0.2, -0.15) is 0 Å². The zero-order valence-corrected chi connectivity index (χ0v) is 13.1. The molecule has 0 spiro atoms. The SMILES string of the molecule is OCCCC/C=C/CC/C=C/CCCCCCCCO. The number of hydrogen-bond donors (Lipinski definition) is 2. The van der Waals surface area contributed by atoms with E-state index in [2.05, 4.69) is 24.3 Å². The fourth-order valence-corrected chi connectivity index (χ4v) is 2.12. The Balaban J connectivity index is 3.12. The van der Waals surface area contributed by atoms with Crippen LogP contribution in [0.2, 0.25) is 0 Å². The molecule has 118 valence electrons. The van der Waals surface area contributed by atoms with E-state index in [9.17, 15) is 0 Å². The predicted molar refractivity (Wildman–Crippen MR) is 87.9 cm³/mol. The van der Waals surface area contributed by atoms with E-state index in [-0.39, 0.29) is 0 Å². The van der Waals surface area contributed by atoms with Gasteiger partial charge in [-0.3, -0.25) is 0 Å². The van der Waals surface area contributed by atoms with Crippen LogP contribution in [0.4, 0.5) is 0 Å². The number of aliphatic hydroxyl groups excluding tert-OH is 2. The average molecular weight is 282 g/mol. The predicted octanol–water partition coefficient (Wildman–Crippen LogP) is 4.76. The van der Waals surface area contributed by atoms with Gasteiger partial charge in [0.25, 0.3) is 0 Å². The molecule has 0 radical (unpaired) electrons. The summed E-state index contributed by atoms with van der Waals surface area (Å²) >= 11 is 0. The number of allylic oxidation sites excluding steroid dienone is 4. The molecule has 0 heterocycles. The van der Waals surface area contributed by atoms with E-state index >= 15 is 0 Å². The fraction of sp³-hybridized carbons (Fsp3) is 0.778. The summed E-state index contributed by atoms with van der Waals surface area (Å²) in [5, 5.41) is 17.3. The highest BCUT2D eigenvalue weighted by molar-refractivity contribution is 4.88. The maximum absolute atomic E-state index is 8.66. The Hall–Kier alpha value is -0.600. The third-order valence-electron chi connectivity index (χ3n) is 3.39. The summed E-state index contributed by atoms with van der Waals surface area (Å²) in [6.45, 7) is 0.663. The molecule has 2 heteroatoms. The normalized spacial score (nSPS) is 11.9. The first-order valence-corrected chi connectivity index (χ1v) is 8.43. The van der Waals surface area contributed by atoms with Crippen LogP contribution in [0.15, 0.2) is 24.3 Å². The Morgan fingerprint density at radius 2 is 0.750 bits per heavy atom. The summed E-state index contributed by atoms with van der Waals surface area (Å²) in [6, 6.07) is 0. The molecular weight excluding hydrogens is 248 g/mol. The van der Waals surface area contributed by atoms with Crippen LogP contribution in [0.1, 0.15) is 77.0 Å². The Kier molecular flexibility index (Phi) is 17.8. The first kappa shape index (κ1) is 19.4. The van der Waals surface area contributed by atoms with Gasteiger partial charge in [0.05, 0.1) is 0 Å². The van der Waals surface area contributed by atoms with Crippen molar-refractivity contribution in [1.82, 2.24) is 0 Å². The molecule has 0 rings (SSSR count). The van der Waals surface area contributed by atoms with Crippen LogP contribution in [0.3, 0.4) is 0 Å². The van der Waals surface area contributed by atoms with Crippen LogP contribution >= 0.6 is 0 Å². The first-order valence-electron chi connectivity index (χ1n) is 8.43. The van der Waals surface area contributed by atoms with Crippen molar-refractivity contribution in [3.63, 3.8) is 0 Å². The second-order valence-corrected chi connectivity index (χ2v) is 5.37. The maximum atomic E-state index is 8.66. The second-order valence-electron chi connectivity index (χ2n) is 5.37. The van der Waals surface area contributed by atoms with Crippen molar-refractivity contribution in [3.05, 3.63) is 24.3 Å². The van der Waals surface area contributed by atoms with Gasteiger partial charge in [0.15, 0.2) is 0 Å². The van der Waals surface area contributed by atoms with Crippen LogP contribution in [0, 0.1) is 0 Å². The molecule has 0 aliphatic carbocycles. The Bertz CT molecular complexity index is 221. The molecule has 20 heavy (non-hydrogen) atoms. The molecule has 0 atom stereocenters. The zero-order valence-electron chi connectivity index (χ0n) is 13.1. The third-order valence-corrected chi connectivity index (χ3v) is 3.39. The second kappa shape index (κ2) is 18.4.